The van der Waals surface area contributed by atoms with Crippen molar-refractivity contribution in [2.75, 3.05) is 27.4 Å². The predicted octanol–water partition coefficient (Wildman–Crippen LogP) is 2.37. The van der Waals surface area contributed by atoms with Crippen LogP contribution in [0.5, 0.6) is 11.5 Å². The van der Waals surface area contributed by atoms with Crippen molar-refractivity contribution in [3.8, 4) is 11.5 Å². The molecule has 1 saturated heterocycles. The van der Waals surface area contributed by atoms with Crippen LogP contribution >= 0.6 is 0 Å². The molecule has 3 aliphatic rings. The van der Waals surface area contributed by atoms with Crippen LogP contribution in [0.25, 0.3) is 5.57 Å². The molecule has 0 unspecified atom stereocenters. The van der Waals surface area contributed by atoms with Gasteiger partial charge in [-0.15, -0.1) is 0 Å². The van der Waals surface area contributed by atoms with Crippen LogP contribution in [0.15, 0.2) is 29.9 Å². The Morgan fingerprint density at radius 3 is 2.28 bits per heavy atom. The van der Waals surface area contributed by atoms with E-state index in [1.54, 1.807) is 14.2 Å². The second kappa shape index (κ2) is 6.15. The Hall–Kier alpha value is -2.40. The van der Waals surface area contributed by atoms with Crippen molar-refractivity contribution in [2.24, 2.45) is 11.8 Å². The van der Waals surface area contributed by atoms with Gasteiger partial charge in [0.05, 0.1) is 27.4 Å². The number of carbonyl (C=O) groups is 2. The summed E-state index contributed by atoms with van der Waals surface area (Å²) in [5, 5.41) is 0. The van der Waals surface area contributed by atoms with Crippen molar-refractivity contribution in [3.05, 3.63) is 41.0 Å². The largest absolute Gasteiger partial charge is 0.493 e. The third kappa shape index (κ3) is 2.68. The lowest BCUT2D eigenvalue weighted by molar-refractivity contribution is -0.131. The number of hydrogen-bond acceptors (Lipinski definition) is 5. The van der Waals surface area contributed by atoms with Gasteiger partial charge in [-0.3, -0.25) is 9.59 Å². The Bertz CT molecular complexity index is 818. The Morgan fingerprint density at radius 2 is 1.56 bits per heavy atom. The molecule has 0 radical (unpaired) electrons. The van der Waals surface area contributed by atoms with Crippen LogP contribution in [0.3, 0.4) is 0 Å². The van der Waals surface area contributed by atoms with E-state index >= 15 is 0 Å². The van der Waals surface area contributed by atoms with Gasteiger partial charge in [0.1, 0.15) is 0 Å². The lowest BCUT2D eigenvalue weighted by atomic mass is 9.75. The number of methoxy groups -OCH3 is 2. The summed E-state index contributed by atoms with van der Waals surface area (Å²) in [6.07, 6.45) is 4.58. The SMILES string of the molecule is COc1cc2c(cc1OC)C1=CC(=O)C(=O)C=C1C[C@H]1COC[C@@H]1C2. The van der Waals surface area contributed by atoms with Gasteiger partial charge in [-0.1, -0.05) is 0 Å². The monoisotopic (exact) mass is 340 g/mol. The summed E-state index contributed by atoms with van der Waals surface area (Å²) in [4.78, 5) is 23.9. The van der Waals surface area contributed by atoms with E-state index in [-0.39, 0.29) is 0 Å². The number of fused-ring (bicyclic) bond motifs is 4. The third-order valence-corrected chi connectivity index (χ3v) is 5.36. The minimum atomic E-state index is -0.473. The molecule has 2 aliphatic carbocycles. The average Bonchev–Trinajstić information content (AvgIpc) is 3.02. The minimum absolute atomic E-state index is 0.358. The van der Waals surface area contributed by atoms with Gasteiger partial charge in [0, 0.05) is 0 Å². The molecular weight excluding hydrogens is 320 g/mol. The normalized spacial score (nSPS) is 25.0. The summed E-state index contributed by atoms with van der Waals surface area (Å²) in [5.41, 5.74) is 3.77. The predicted molar refractivity (Wildman–Crippen MR) is 91.7 cm³/mol. The molecule has 0 N–H and O–H groups in total. The van der Waals surface area contributed by atoms with Crippen LogP contribution in [-0.2, 0) is 20.7 Å². The van der Waals surface area contributed by atoms with E-state index in [2.05, 4.69) is 0 Å². The highest BCUT2D eigenvalue weighted by molar-refractivity contribution is 6.48. The van der Waals surface area contributed by atoms with E-state index in [1.165, 1.54) is 12.2 Å². The number of ether oxygens (including phenoxy) is 3. The number of benzene rings is 1. The molecule has 4 rings (SSSR count). The van der Waals surface area contributed by atoms with Crippen LogP contribution < -0.4 is 9.47 Å². The van der Waals surface area contributed by atoms with Gasteiger partial charge in [-0.2, -0.15) is 0 Å². The van der Waals surface area contributed by atoms with E-state index in [9.17, 15) is 9.59 Å². The summed E-state index contributed by atoms with van der Waals surface area (Å²) >= 11 is 0. The molecular formula is C20H20O5. The van der Waals surface area contributed by atoms with Crippen molar-refractivity contribution >= 4 is 17.1 Å². The zero-order valence-corrected chi connectivity index (χ0v) is 14.3. The van der Waals surface area contributed by atoms with Crippen LogP contribution in [0.1, 0.15) is 17.5 Å². The van der Waals surface area contributed by atoms with Gasteiger partial charge < -0.3 is 14.2 Å². The summed E-state index contributed by atoms with van der Waals surface area (Å²) in [7, 11) is 3.21. The molecule has 1 heterocycles. The molecule has 1 aromatic rings. The van der Waals surface area contributed by atoms with Gasteiger partial charge in [-0.25, -0.2) is 0 Å². The lowest BCUT2D eigenvalue weighted by Crippen LogP contribution is -2.23. The first-order valence-corrected chi connectivity index (χ1v) is 8.44. The number of carbonyl (C=O) groups excluding carboxylic acids is 2. The Balaban J connectivity index is 1.92. The van der Waals surface area contributed by atoms with Gasteiger partial charge in [0.15, 0.2) is 11.5 Å². The smallest absolute Gasteiger partial charge is 0.226 e. The average molecular weight is 340 g/mol. The Labute approximate surface area is 146 Å². The standard InChI is InChI=1S/C20H20O5/c1-23-19-6-12-4-14-10-25-9-13(14)3-11-5-17(21)18(22)7-15(11)16(12)8-20(19)24-2/h5-8,13-14H,3-4,9-10H2,1-2H3/t13-,14-/m0/s1. The fraction of sp³-hybridized carbons (Fsp3) is 0.400. The summed E-state index contributed by atoms with van der Waals surface area (Å²) in [6, 6.07) is 3.89. The molecule has 5 heteroatoms. The molecule has 130 valence electrons. The lowest BCUT2D eigenvalue weighted by Gasteiger charge is -2.28. The van der Waals surface area contributed by atoms with Crippen LogP contribution in [0, 0.1) is 11.8 Å². The van der Waals surface area contributed by atoms with Crippen molar-refractivity contribution in [3.63, 3.8) is 0 Å². The van der Waals surface area contributed by atoms with Crippen molar-refractivity contribution in [1.29, 1.82) is 0 Å². The number of ketones is 2. The highest BCUT2D eigenvalue weighted by Crippen LogP contribution is 2.44. The summed E-state index contributed by atoms with van der Waals surface area (Å²) in [6.45, 7) is 1.41. The van der Waals surface area contributed by atoms with Gasteiger partial charge >= 0.3 is 0 Å². The quantitative estimate of drug-likeness (QED) is 0.611. The topological polar surface area (TPSA) is 61.8 Å². The van der Waals surface area contributed by atoms with Crippen molar-refractivity contribution < 1.29 is 23.8 Å². The van der Waals surface area contributed by atoms with Crippen LogP contribution in [-0.4, -0.2) is 39.0 Å². The molecule has 2 atom stereocenters. The Kier molecular flexibility index (Phi) is 3.96. The molecule has 0 saturated carbocycles. The van der Waals surface area contributed by atoms with E-state index in [4.69, 9.17) is 14.2 Å². The first kappa shape index (κ1) is 16.1. The fourth-order valence-corrected chi connectivity index (χ4v) is 4.02. The van der Waals surface area contributed by atoms with Gasteiger partial charge in [0.2, 0.25) is 11.6 Å². The van der Waals surface area contributed by atoms with E-state index in [0.717, 1.165) is 41.7 Å². The first-order valence-electron chi connectivity index (χ1n) is 8.44. The summed E-state index contributed by atoms with van der Waals surface area (Å²) in [5.74, 6) is 1.12. The zero-order valence-electron chi connectivity index (χ0n) is 14.3. The third-order valence-electron chi connectivity index (χ3n) is 5.36. The van der Waals surface area contributed by atoms with E-state index in [1.807, 2.05) is 12.1 Å². The fourth-order valence-electron chi connectivity index (χ4n) is 4.02. The molecule has 1 aliphatic heterocycles. The van der Waals surface area contributed by atoms with Crippen molar-refractivity contribution in [2.45, 2.75) is 12.8 Å². The Morgan fingerprint density at radius 1 is 0.920 bits per heavy atom. The second-order valence-electron chi connectivity index (χ2n) is 6.79. The molecule has 0 bridgehead atoms. The summed E-state index contributed by atoms with van der Waals surface area (Å²) < 4.78 is 16.6. The maximum Gasteiger partial charge on any atom is 0.226 e. The molecule has 25 heavy (non-hydrogen) atoms. The number of hydrogen-bond donors (Lipinski definition) is 0. The second-order valence-corrected chi connectivity index (χ2v) is 6.79. The van der Waals surface area contributed by atoms with Gasteiger partial charge in [0.25, 0.3) is 0 Å². The van der Waals surface area contributed by atoms with E-state index in [0.29, 0.717) is 29.9 Å². The molecule has 1 aromatic carbocycles. The van der Waals surface area contributed by atoms with Gasteiger partial charge in [-0.05, 0) is 71.2 Å². The molecule has 0 spiro atoms. The molecule has 5 nitrogen and oxygen atoms in total. The van der Waals surface area contributed by atoms with Crippen LogP contribution in [0.4, 0.5) is 0 Å². The maximum atomic E-state index is 12.0. The minimum Gasteiger partial charge on any atom is -0.493 e. The zero-order chi connectivity index (χ0) is 17.6. The number of allylic oxidation sites excluding steroid dienone is 4. The highest BCUT2D eigenvalue weighted by atomic mass is 16.5. The maximum absolute atomic E-state index is 12.0. The number of rotatable bonds is 2. The first-order chi connectivity index (χ1) is 12.1. The van der Waals surface area contributed by atoms with Crippen LogP contribution in [0.2, 0.25) is 0 Å². The molecule has 0 aromatic heterocycles. The molecule has 1 fully saturated rings. The van der Waals surface area contributed by atoms with E-state index < -0.39 is 11.6 Å². The van der Waals surface area contributed by atoms with Crippen molar-refractivity contribution in [1.82, 2.24) is 0 Å². The molecule has 0 amide bonds. The highest BCUT2D eigenvalue weighted by Gasteiger charge is 2.35.